The largest absolute Gasteiger partial charge is 0.492 e. The Morgan fingerprint density at radius 2 is 1.90 bits per heavy atom. The van der Waals surface area contributed by atoms with Crippen LogP contribution in [0.2, 0.25) is 0 Å². The number of benzene rings is 1. The molecule has 0 fully saturated rings. The van der Waals surface area contributed by atoms with Crippen LogP contribution >= 0.6 is 0 Å². The summed E-state index contributed by atoms with van der Waals surface area (Å²) in [4.78, 5) is 23.0. The number of carbonyl (C=O) groups excluding carboxylic acids is 2. The Hall–Kier alpha value is -2.76. The van der Waals surface area contributed by atoms with Crippen LogP contribution in [0.15, 0.2) is 40.8 Å². The van der Waals surface area contributed by atoms with Gasteiger partial charge < -0.3 is 14.5 Å². The van der Waals surface area contributed by atoms with Gasteiger partial charge in [0.1, 0.15) is 5.75 Å². The van der Waals surface area contributed by atoms with Gasteiger partial charge in [0, 0.05) is 13.0 Å². The Morgan fingerprint density at radius 1 is 1.14 bits per heavy atom. The fourth-order valence-electron chi connectivity index (χ4n) is 1.74. The quantitative estimate of drug-likeness (QED) is 0.886. The number of ether oxygens (including phenoxy) is 1. The predicted molar refractivity (Wildman–Crippen MR) is 78.6 cm³/mol. The van der Waals surface area contributed by atoms with Crippen molar-refractivity contribution in [1.82, 2.24) is 0 Å². The van der Waals surface area contributed by atoms with Gasteiger partial charge in [-0.15, -0.1) is 0 Å². The molecule has 0 unspecified atom stereocenters. The molecule has 6 heteroatoms. The van der Waals surface area contributed by atoms with Crippen molar-refractivity contribution < 1.29 is 18.7 Å². The Labute approximate surface area is 122 Å². The van der Waals surface area contributed by atoms with Crippen molar-refractivity contribution in [2.45, 2.75) is 13.8 Å². The van der Waals surface area contributed by atoms with E-state index >= 15 is 0 Å². The first kappa shape index (κ1) is 14.6. The highest BCUT2D eigenvalue weighted by Gasteiger charge is 2.14. The summed E-state index contributed by atoms with van der Waals surface area (Å²) in [6, 6.07) is 10.1. The number of amides is 2. The van der Waals surface area contributed by atoms with Crippen LogP contribution in [0.4, 0.5) is 11.6 Å². The van der Waals surface area contributed by atoms with Gasteiger partial charge in [0.25, 0.3) is 5.91 Å². The third-order valence-electron chi connectivity index (χ3n) is 2.56. The number of hydrogen-bond acceptors (Lipinski definition) is 4. The van der Waals surface area contributed by atoms with Crippen molar-refractivity contribution in [3.8, 4) is 5.75 Å². The van der Waals surface area contributed by atoms with E-state index in [2.05, 4.69) is 10.6 Å². The van der Waals surface area contributed by atoms with Crippen molar-refractivity contribution in [1.29, 1.82) is 0 Å². The average molecular weight is 288 g/mol. The molecule has 0 saturated carbocycles. The summed E-state index contributed by atoms with van der Waals surface area (Å²) < 4.78 is 10.7. The van der Waals surface area contributed by atoms with Crippen LogP contribution in [0.1, 0.15) is 24.4 Å². The maximum Gasteiger partial charge on any atom is 0.291 e. The topological polar surface area (TPSA) is 80.6 Å². The molecule has 0 spiro atoms. The lowest BCUT2D eigenvalue weighted by molar-refractivity contribution is -0.114. The zero-order chi connectivity index (χ0) is 15.2. The molecule has 0 aliphatic heterocycles. The molecule has 0 radical (unpaired) electrons. The highest BCUT2D eigenvalue weighted by molar-refractivity contribution is 6.03. The summed E-state index contributed by atoms with van der Waals surface area (Å²) >= 11 is 0. The fourth-order valence-corrected chi connectivity index (χ4v) is 1.74. The van der Waals surface area contributed by atoms with Crippen LogP contribution < -0.4 is 15.4 Å². The number of rotatable bonds is 5. The van der Waals surface area contributed by atoms with E-state index in [9.17, 15) is 9.59 Å². The summed E-state index contributed by atoms with van der Waals surface area (Å²) in [5, 5.41) is 5.17. The van der Waals surface area contributed by atoms with Crippen LogP contribution in [0.3, 0.4) is 0 Å². The molecule has 21 heavy (non-hydrogen) atoms. The van der Waals surface area contributed by atoms with E-state index < -0.39 is 5.91 Å². The summed E-state index contributed by atoms with van der Waals surface area (Å²) in [5.74, 6) is 0.231. The molecule has 0 atom stereocenters. The molecule has 110 valence electrons. The summed E-state index contributed by atoms with van der Waals surface area (Å²) in [6.45, 7) is 3.73. The molecule has 2 aromatic rings. The second-order valence-corrected chi connectivity index (χ2v) is 4.23. The van der Waals surface area contributed by atoms with Gasteiger partial charge in [-0.1, -0.05) is 12.1 Å². The lowest BCUT2D eigenvalue weighted by Gasteiger charge is -2.10. The minimum atomic E-state index is -0.418. The SMILES string of the molecule is CCOc1ccccc1NC(=O)c1ccc(NC(C)=O)o1. The van der Waals surface area contributed by atoms with Gasteiger partial charge in [-0.2, -0.15) is 0 Å². The van der Waals surface area contributed by atoms with E-state index in [0.29, 0.717) is 18.0 Å². The molecular weight excluding hydrogens is 272 g/mol. The Balaban J connectivity index is 2.11. The van der Waals surface area contributed by atoms with Crippen LogP contribution in [-0.2, 0) is 4.79 Å². The molecule has 6 nitrogen and oxygen atoms in total. The van der Waals surface area contributed by atoms with Crippen LogP contribution in [-0.4, -0.2) is 18.4 Å². The van der Waals surface area contributed by atoms with Crippen LogP contribution in [0, 0.1) is 0 Å². The van der Waals surface area contributed by atoms with Gasteiger partial charge in [-0.3, -0.25) is 14.9 Å². The molecule has 0 bridgehead atoms. The number of para-hydroxylation sites is 2. The van der Waals surface area contributed by atoms with E-state index in [-0.39, 0.29) is 17.6 Å². The average Bonchev–Trinajstić information content (AvgIpc) is 2.89. The lowest BCUT2D eigenvalue weighted by atomic mass is 10.3. The van der Waals surface area contributed by atoms with Gasteiger partial charge >= 0.3 is 0 Å². The highest BCUT2D eigenvalue weighted by atomic mass is 16.5. The van der Waals surface area contributed by atoms with Crippen molar-refractivity contribution in [2.75, 3.05) is 17.2 Å². The molecule has 1 heterocycles. The first-order chi connectivity index (χ1) is 10.1. The summed E-state index contributed by atoms with van der Waals surface area (Å²) in [7, 11) is 0. The van der Waals surface area contributed by atoms with Crippen molar-refractivity contribution in [3.63, 3.8) is 0 Å². The van der Waals surface area contributed by atoms with Gasteiger partial charge in [0.05, 0.1) is 12.3 Å². The second-order valence-electron chi connectivity index (χ2n) is 4.23. The number of carbonyl (C=O) groups is 2. The molecule has 1 aromatic carbocycles. The number of nitrogens with one attached hydrogen (secondary N) is 2. The smallest absolute Gasteiger partial charge is 0.291 e. The fraction of sp³-hybridized carbons (Fsp3) is 0.200. The van der Waals surface area contributed by atoms with E-state index in [1.54, 1.807) is 18.2 Å². The molecule has 0 saturated heterocycles. The Bertz CT molecular complexity index is 649. The van der Waals surface area contributed by atoms with Gasteiger partial charge in [-0.25, -0.2) is 0 Å². The van der Waals surface area contributed by atoms with Crippen molar-refractivity contribution in [3.05, 3.63) is 42.2 Å². The van der Waals surface area contributed by atoms with Crippen molar-refractivity contribution >= 4 is 23.4 Å². The molecular formula is C15H16N2O4. The molecule has 2 N–H and O–H groups in total. The Kier molecular flexibility index (Phi) is 4.61. The number of hydrogen-bond donors (Lipinski definition) is 2. The maximum absolute atomic E-state index is 12.1. The van der Waals surface area contributed by atoms with Gasteiger partial charge in [-0.05, 0) is 25.1 Å². The zero-order valence-corrected chi connectivity index (χ0v) is 11.8. The molecule has 0 aliphatic rings. The first-order valence-electron chi connectivity index (χ1n) is 6.50. The van der Waals surface area contributed by atoms with E-state index in [1.165, 1.54) is 19.1 Å². The molecule has 2 amide bonds. The van der Waals surface area contributed by atoms with Crippen LogP contribution in [0.5, 0.6) is 5.75 Å². The minimum absolute atomic E-state index is 0.102. The lowest BCUT2D eigenvalue weighted by Crippen LogP contribution is -2.12. The monoisotopic (exact) mass is 288 g/mol. The van der Waals surface area contributed by atoms with Crippen LogP contribution in [0.25, 0.3) is 0 Å². The predicted octanol–water partition coefficient (Wildman–Crippen LogP) is 2.89. The zero-order valence-electron chi connectivity index (χ0n) is 11.8. The third kappa shape index (κ3) is 3.85. The summed E-state index contributed by atoms with van der Waals surface area (Å²) in [6.07, 6.45) is 0. The third-order valence-corrected chi connectivity index (χ3v) is 2.56. The van der Waals surface area contributed by atoms with E-state index in [1.807, 2.05) is 13.0 Å². The van der Waals surface area contributed by atoms with Gasteiger partial charge in [0.15, 0.2) is 11.6 Å². The number of furan rings is 1. The second kappa shape index (κ2) is 6.60. The standard InChI is InChI=1S/C15H16N2O4/c1-3-20-12-7-5-4-6-11(12)17-15(19)13-8-9-14(21-13)16-10(2)18/h4-9H,3H2,1-2H3,(H,16,18)(H,17,19). The molecule has 0 aliphatic carbocycles. The number of anilines is 2. The van der Waals surface area contributed by atoms with E-state index in [4.69, 9.17) is 9.15 Å². The normalized spacial score (nSPS) is 10.0. The summed E-state index contributed by atoms with van der Waals surface area (Å²) in [5.41, 5.74) is 0.557. The molecule has 2 rings (SSSR count). The maximum atomic E-state index is 12.1. The molecule has 1 aromatic heterocycles. The minimum Gasteiger partial charge on any atom is -0.492 e. The first-order valence-corrected chi connectivity index (χ1v) is 6.50. The van der Waals surface area contributed by atoms with E-state index in [0.717, 1.165) is 0 Å². The van der Waals surface area contributed by atoms with Crippen molar-refractivity contribution in [2.24, 2.45) is 0 Å². The van der Waals surface area contributed by atoms with Gasteiger partial charge in [0.2, 0.25) is 5.91 Å². The Morgan fingerprint density at radius 3 is 2.62 bits per heavy atom. The highest BCUT2D eigenvalue weighted by Crippen LogP contribution is 2.24.